The van der Waals surface area contributed by atoms with E-state index in [1.54, 1.807) is 12.1 Å². The van der Waals surface area contributed by atoms with Crippen molar-refractivity contribution in [2.45, 2.75) is 74.4 Å². The van der Waals surface area contributed by atoms with E-state index in [4.69, 9.17) is 0 Å². The first-order valence-corrected chi connectivity index (χ1v) is 14.4. The molecule has 3 N–H and O–H groups in total. The Hall–Kier alpha value is -2.15. The molecule has 5 aliphatic rings. The zero-order valence-electron chi connectivity index (χ0n) is 19.7. The van der Waals surface area contributed by atoms with Gasteiger partial charge in [0.15, 0.2) is 0 Å². The van der Waals surface area contributed by atoms with Crippen LogP contribution < -0.4 is 10.0 Å². The lowest BCUT2D eigenvalue weighted by Crippen LogP contribution is -2.59. The van der Waals surface area contributed by atoms with Crippen molar-refractivity contribution in [3.8, 4) is 0 Å². The number of benzene rings is 2. The fourth-order valence-corrected chi connectivity index (χ4v) is 9.53. The topological polar surface area (TPSA) is 74.0 Å². The van der Waals surface area contributed by atoms with E-state index in [0.717, 1.165) is 36.8 Å². The van der Waals surface area contributed by atoms with E-state index < -0.39 is 10.0 Å². The van der Waals surface area contributed by atoms with Gasteiger partial charge >= 0.3 is 0 Å². The molecule has 8 rings (SSSR count). The van der Waals surface area contributed by atoms with E-state index in [9.17, 15) is 8.42 Å². The van der Waals surface area contributed by atoms with Gasteiger partial charge in [-0.3, -0.25) is 0 Å². The van der Waals surface area contributed by atoms with Crippen molar-refractivity contribution in [1.29, 1.82) is 0 Å². The van der Waals surface area contributed by atoms with Crippen LogP contribution in [-0.2, 0) is 16.4 Å². The lowest BCUT2D eigenvalue weighted by Gasteiger charge is -2.56. The highest BCUT2D eigenvalue weighted by atomic mass is 32.2. The number of sulfonamides is 1. The van der Waals surface area contributed by atoms with Crippen LogP contribution in [0.3, 0.4) is 0 Å². The van der Waals surface area contributed by atoms with Crippen molar-refractivity contribution in [2.24, 2.45) is 17.8 Å². The highest BCUT2D eigenvalue weighted by Gasteiger charge is 2.52. The van der Waals surface area contributed by atoms with E-state index in [1.165, 1.54) is 35.9 Å². The van der Waals surface area contributed by atoms with E-state index in [2.05, 4.69) is 46.2 Å². The van der Waals surface area contributed by atoms with Gasteiger partial charge in [0, 0.05) is 28.2 Å². The van der Waals surface area contributed by atoms with E-state index in [1.807, 2.05) is 12.1 Å². The minimum atomic E-state index is -3.54. The van der Waals surface area contributed by atoms with Crippen LogP contribution in [-0.4, -0.2) is 25.0 Å². The predicted octanol–water partition coefficient (Wildman–Crippen LogP) is 5.04. The molecule has 2 heterocycles. The van der Waals surface area contributed by atoms with Crippen LogP contribution in [0.25, 0.3) is 10.9 Å². The zero-order valence-corrected chi connectivity index (χ0v) is 20.5. The smallest absolute Gasteiger partial charge is 0.241 e. The molecule has 1 aliphatic heterocycles. The molecule has 34 heavy (non-hydrogen) atoms. The lowest BCUT2D eigenvalue weighted by molar-refractivity contribution is -0.00810. The fraction of sp³-hybridized carbons (Fsp3) is 0.500. The Kier molecular flexibility index (Phi) is 4.62. The second kappa shape index (κ2) is 7.42. The van der Waals surface area contributed by atoms with Gasteiger partial charge in [-0.05, 0) is 98.9 Å². The molecule has 4 saturated carbocycles. The summed E-state index contributed by atoms with van der Waals surface area (Å²) in [4.78, 5) is 4.00. The van der Waals surface area contributed by atoms with Gasteiger partial charge in [-0.15, -0.1) is 0 Å². The molecule has 0 spiro atoms. The summed E-state index contributed by atoms with van der Waals surface area (Å²) in [5.74, 6) is 2.13. The van der Waals surface area contributed by atoms with Crippen molar-refractivity contribution in [3.05, 3.63) is 65.4 Å². The van der Waals surface area contributed by atoms with Crippen molar-refractivity contribution in [3.63, 3.8) is 0 Å². The van der Waals surface area contributed by atoms with Crippen LogP contribution in [0.2, 0.25) is 0 Å². The van der Waals surface area contributed by atoms with Gasteiger partial charge in [0.2, 0.25) is 10.0 Å². The summed E-state index contributed by atoms with van der Waals surface area (Å²) in [5.41, 5.74) is 4.60. The summed E-state index contributed by atoms with van der Waals surface area (Å²) in [7, 11) is -3.54. The molecule has 178 valence electrons. The summed E-state index contributed by atoms with van der Waals surface area (Å²) in [6, 6.07) is 16.4. The number of H-pyrrole nitrogens is 1. The number of aromatic nitrogens is 1. The Balaban J connectivity index is 1.18. The minimum absolute atomic E-state index is 0.0269. The molecular weight excluding hydrogens is 442 g/mol. The van der Waals surface area contributed by atoms with Crippen LogP contribution >= 0.6 is 0 Å². The molecule has 0 amide bonds. The minimum Gasteiger partial charge on any atom is -0.357 e. The molecule has 0 radical (unpaired) electrons. The standard InChI is InChI=1S/C28H33N3O2S/c1-17-10-24-23-4-2-3-5-25(23)30-27(24)26(29-17)21-6-8-22(9-7-21)34(32,33)31-28-14-18-11-19(15-28)13-20(12-18)16-28/h2-9,17-20,26,29-31H,10-16H2,1H3/t17-,18?,19?,20?,26-,28?/m0/s1. The molecule has 4 aliphatic carbocycles. The molecule has 6 heteroatoms. The first-order chi connectivity index (χ1) is 16.4. The van der Waals surface area contributed by atoms with Crippen LogP contribution in [0.5, 0.6) is 0 Å². The van der Waals surface area contributed by atoms with Crippen molar-refractivity contribution in [2.75, 3.05) is 0 Å². The molecule has 4 fully saturated rings. The van der Waals surface area contributed by atoms with E-state index >= 15 is 0 Å². The third kappa shape index (κ3) is 3.37. The number of para-hydroxylation sites is 1. The van der Waals surface area contributed by atoms with Gasteiger partial charge in [-0.25, -0.2) is 13.1 Å². The van der Waals surface area contributed by atoms with E-state index in [-0.39, 0.29) is 11.6 Å². The number of rotatable bonds is 4. The summed E-state index contributed by atoms with van der Waals surface area (Å²) >= 11 is 0. The van der Waals surface area contributed by atoms with Gasteiger partial charge in [-0.1, -0.05) is 30.3 Å². The second-order valence-electron chi connectivity index (χ2n) is 11.6. The van der Waals surface area contributed by atoms with Gasteiger partial charge < -0.3 is 10.3 Å². The average Bonchev–Trinajstić information content (AvgIpc) is 3.15. The maximum absolute atomic E-state index is 13.4. The molecule has 0 unspecified atom stereocenters. The largest absolute Gasteiger partial charge is 0.357 e. The number of aromatic amines is 1. The zero-order chi connectivity index (χ0) is 23.1. The monoisotopic (exact) mass is 475 g/mol. The van der Waals surface area contributed by atoms with Crippen molar-refractivity contribution < 1.29 is 8.42 Å². The fourth-order valence-electron chi connectivity index (χ4n) is 8.10. The predicted molar refractivity (Wildman–Crippen MR) is 134 cm³/mol. The van der Waals surface area contributed by atoms with Crippen molar-refractivity contribution in [1.82, 2.24) is 15.0 Å². The third-order valence-electron chi connectivity index (χ3n) is 9.01. The summed E-state index contributed by atoms with van der Waals surface area (Å²) in [6.45, 7) is 2.21. The summed E-state index contributed by atoms with van der Waals surface area (Å²) in [5, 5.41) is 5.00. The Morgan fingerprint density at radius 1 is 0.912 bits per heavy atom. The maximum Gasteiger partial charge on any atom is 0.241 e. The number of nitrogens with one attached hydrogen (secondary N) is 3. The third-order valence-corrected chi connectivity index (χ3v) is 10.6. The molecule has 3 aromatic rings. The first kappa shape index (κ1) is 21.2. The molecule has 5 nitrogen and oxygen atoms in total. The highest BCUT2D eigenvalue weighted by molar-refractivity contribution is 7.89. The van der Waals surface area contributed by atoms with Gasteiger partial charge in [0.1, 0.15) is 0 Å². The van der Waals surface area contributed by atoms with Gasteiger partial charge in [-0.2, -0.15) is 0 Å². The molecule has 1 aromatic heterocycles. The first-order valence-electron chi connectivity index (χ1n) is 12.9. The number of hydrogen-bond acceptors (Lipinski definition) is 3. The Morgan fingerprint density at radius 2 is 1.56 bits per heavy atom. The molecular formula is C28H33N3O2S. The molecule has 4 bridgehead atoms. The van der Waals surface area contributed by atoms with Crippen LogP contribution in [0.15, 0.2) is 53.4 Å². The van der Waals surface area contributed by atoms with E-state index in [0.29, 0.717) is 28.7 Å². The molecule has 2 atom stereocenters. The van der Waals surface area contributed by atoms with Crippen LogP contribution in [0.4, 0.5) is 0 Å². The van der Waals surface area contributed by atoms with Crippen molar-refractivity contribution >= 4 is 20.9 Å². The Bertz CT molecular complexity index is 1320. The van der Waals surface area contributed by atoms with Crippen LogP contribution in [0.1, 0.15) is 68.3 Å². The molecule has 2 aromatic carbocycles. The van der Waals surface area contributed by atoms with Gasteiger partial charge in [0.05, 0.1) is 10.9 Å². The normalized spacial score (nSPS) is 34.4. The van der Waals surface area contributed by atoms with Gasteiger partial charge in [0.25, 0.3) is 0 Å². The number of hydrogen-bond donors (Lipinski definition) is 3. The Labute approximate surface area is 201 Å². The lowest BCUT2D eigenvalue weighted by atomic mass is 9.53. The number of fused-ring (bicyclic) bond motifs is 3. The van der Waals surface area contributed by atoms with Crippen LogP contribution in [0, 0.1) is 17.8 Å². The average molecular weight is 476 g/mol. The summed E-state index contributed by atoms with van der Waals surface area (Å²) < 4.78 is 30.1. The quantitative estimate of drug-likeness (QED) is 0.495. The SMILES string of the molecule is C[C@H]1Cc2c([nH]c3ccccc23)[C@H](c2ccc(S(=O)(=O)NC34CC5CC(CC(C5)C3)C4)cc2)N1. The second-order valence-corrected chi connectivity index (χ2v) is 13.3. The molecule has 0 saturated heterocycles. The Morgan fingerprint density at radius 3 is 2.24 bits per heavy atom. The highest BCUT2D eigenvalue weighted by Crippen LogP contribution is 2.56. The summed E-state index contributed by atoms with van der Waals surface area (Å²) in [6.07, 6.45) is 7.95. The maximum atomic E-state index is 13.4.